The Balaban J connectivity index is 1.61. The minimum atomic E-state index is -0.783. The fourth-order valence-corrected chi connectivity index (χ4v) is 3.30. The molecule has 1 amide bonds. The van der Waals surface area contributed by atoms with Crippen LogP contribution in [0.3, 0.4) is 0 Å². The summed E-state index contributed by atoms with van der Waals surface area (Å²) < 4.78 is 16.3. The summed E-state index contributed by atoms with van der Waals surface area (Å²) >= 11 is 17.8. The number of methoxy groups -OCH3 is 1. The van der Waals surface area contributed by atoms with Crippen LogP contribution in [0.4, 0.5) is 0 Å². The van der Waals surface area contributed by atoms with Gasteiger partial charge >= 0.3 is 5.97 Å². The third kappa shape index (κ3) is 6.87. The quantitative estimate of drug-likeness (QED) is 0.175. The van der Waals surface area contributed by atoms with E-state index in [4.69, 9.17) is 49.0 Å². The van der Waals surface area contributed by atoms with Gasteiger partial charge in [-0.15, -0.1) is 0 Å². The zero-order chi connectivity index (χ0) is 24.7. The largest absolute Gasteiger partial charge is 0.493 e. The van der Waals surface area contributed by atoms with Gasteiger partial charge < -0.3 is 14.2 Å². The second-order valence-corrected chi connectivity index (χ2v) is 8.15. The fourth-order valence-electron chi connectivity index (χ4n) is 2.69. The molecule has 3 rings (SSSR count). The van der Waals surface area contributed by atoms with Crippen LogP contribution in [-0.4, -0.2) is 31.3 Å². The van der Waals surface area contributed by atoms with Gasteiger partial charge in [-0.25, -0.2) is 10.2 Å². The Labute approximate surface area is 211 Å². The summed E-state index contributed by atoms with van der Waals surface area (Å²) in [4.78, 5) is 24.7. The maximum Gasteiger partial charge on any atom is 0.345 e. The van der Waals surface area contributed by atoms with E-state index in [1.54, 1.807) is 43.3 Å². The van der Waals surface area contributed by atoms with Crippen molar-refractivity contribution in [1.82, 2.24) is 5.43 Å². The SMILES string of the molecule is COc1cc(C=NNC(=O)C(C)Oc2ccc(Cl)cc2)ccc1OC(=O)c1ccc(Cl)cc1Cl. The van der Waals surface area contributed by atoms with E-state index in [1.165, 1.54) is 37.6 Å². The number of carbonyl (C=O) groups is 2. The summed E-state index contributed by atoms with van der Waals surface area (Å²) in [7, 11) is 1.43. The molecule has 0 saturated heterocycles. The molecule has 0 aliphatic rings. The van der Waals surface area contributed by atoms with Gasteiger partial charge in [0.2, 0.25) is 0 Å². The number of hydrogen-bond acceptors (Lipinski definition) is 6. The molecule has 0 aliphatic heterocycles. The number of benzene rings is 3. The van der Waals surface area contributed by atoms with Crippen LogP contribution in [0.2, 0.25) is 15.1 Å². The van der Waals surface area contributed by atoms with Crippen LogP contribution in [0, 0.1) is 0 Å². The molecule has 1 atom stereocenters. The predicted octanol–water partition coefficient (Wildman–Crippen LogP) is 5.79. The summed E-state index contributed by atoms with van der Waals surface area (Å²) in [6.45, 7) is 1.60. The van der Waals surface area contributed by atoms with Crippen molar-refractivity contribution in [2.45, 2.75) is 13.0 Å². The maximum absolute atomic E-state index is 12.5. The Morgan fingerprint density at radius 3 is 2.32 bits per heavy atom. The number of esters is 1. The van der Waals surface area contributed by atoms with Crippen LogP contribution in [0.25, 0.3) is 0 Å². The zero-order valence-electron chi connectivity index (χ0n) is 18.1. The van der Waals surface area contributed by atoms with E-state index in [-0.39, 0.29) is 22.1 Å². The van der Waals surface area contributed by atoms with E-state index >= 15 is 0 Å². The first kappa shape index (κ1) is 25.4. The van der Waals surface area contributed by atoms with Crippen LogP contribution in [-0.2, 0) is 4.79 Å². The molecule has 10 heteroatoms. The Morgan fingerprint density at radius 1 is 0.941 bits per heavy atom. The Morgan fingerprint density at radius 2 is 1.65 bits per heavy atom. The van der Waals surface area contributed by atoms with E-state index in [2.05, 4.69) is 10.5 Å². The van der Waals surface area contributed by atoms with Gasteiger partial charge in [0, 0.05) is 10.0 Å². The molecule has 0 spiro atoms. The molecule has 0 radical (unpaired) electrons. The Hall–Kier alpha value is -3.26. The average molecular weight is 522 g/mol. The molecule has 0 saturated carbocycles. The van der Waals surface area contributed by atoms with Gasteiger partial charge in [0.25, 0.3) is 5.91 Å². The van der Waals surface area contributed by atoms with Crippen molar-refractivity contribution < 1.29 is 23.8 Å². The van der Waals surface area contributed by atoms with Gasteiger partial charge in [-0.1, -0.05) is 34.8 Å². The van der Waals surface area contributed by atoms with Gasteiger partial charge in [-0.05, 0) is 73.2 Å². The summed E-state index contributed by atoms with van der Waals surface area (Å²) in [5.74, 6) is -0.129. The summed E-state index contributed by atoms with van der Waals surface area (Å²) in [6.07, 6.45) is 0.631. The third-order valence-electron chi connectivity index (χ3n) is 4.43. The van der Waals surface area contributed by atoms with Crippen LogP contribution < -0.4 is 19.6 Å². The first-order valence-corrected chi connectivity index (χ1v) is 11.0. The molecule has 3 aromatic carbocycles. The minimum Gasteiger partial charge on any atom is -0.493 e. The van der Waals surface area contributed by atoms with Crippen LogP contribution in [0.1, 0.15) is 22.8 Å². The van der Waals surface area contributed by atoms with Crippen LogP contribution in [0.5, 0.6) is 17.2 Å². The number of rotatable bonds is 8. The van der Waals surface area contributed by atoms with Crippen molar-refractivity contribution in [3.05, 3.63) is 86.9 Å². The van der Waals surface area contributed by atoms with Crippen molar-refractivity contribution in [2.75, 3.05) is 7.11 Å². The van der Waals surface area contributed by atoms with E-state index in [0.717, 1.165) is 0 Å². The average Bonchev–Trinajstić information content (AvgIpc) is 2.81. The smallest absolute Gasteiger partial charge is 0.345 e. The predicted molar refractivity (Wildman–Crippen MR) is 132 cm³/mol. The molecule has 34 heavy (non-hydrogen) atoms. The number of hydrogen-bond donors (Lipinski definition) is 1. The number of hydrazone groups is 1. The molecule has 0 fully saturated rings. The molecular weight excluding hydrogens is 503 g/mol. The van der Waals surface area contributed by atoms with E-state index in [1.807, 2.05) is 0 Å². The Bertz CT molecular complexity index is 1220. The monoisotopic (exact) mass is 520 g/mol. The highest BCUT2D eigenvalue weighted by Crippen LogP contribution is 2.30. The highest BCUT2D eigenvalue weighted by Gasteiger charge is 2.16. The van der Waals surface area contributed by atoms with E-state index in [0.29, 0.717) is 21.4 Å². The number of amides is 1. The molecule has 0 heterocycles. The lowest BCUT2D eigenvalue weighted by atomic mass is 10.2. The van der Waals surface area contributed by atoms with Crippen molar-refractivity contribution in [1.29, 1.82) is 0 Å². The van der Waals surface area contributed by atoms with Crippen molar-refractivity contribution in [3.63, 3.8) is 0 Å². The number of ether oxygens (including phenoxy) is 3. The molecular formula is C24H19Cl3N2O5. The number of nitrogens with one attached hydrogen (secondary N) is 1. The second-order valence-electron chi connectivity index (χ2n) is 6.87. The normalized spacial score (nSPS) is 11.7. The summed E-state index contributed by atoms with van der Waals surface area (Å²) in [5, 5.41) is 5.08. The van der Waals surface area contributed by atoms with Gasteiger partial charge in [0.15, 0.2) is 17.6 Å². The number of carbonyl (C=O) groups excluding carboxylic acids is 2. The standard InChI is InChI=1S/C24H19Cl3N2O5/c1-14(33-18-7-4-16(25)5-8-18)23(30)29-28-13-15-3-10-21(22(11-15)32-2)34-24(31)19-9-6-17(26)12-20(19)27/h3-14H,1-2H3,(H,29,30). The van der Waals surface area contributed by atoms with Gasteiger partial charge in [0.05, 0.1) is 23.9 Å². The topological polar surface area (TPSA) is 86.2 Å². The number of halogens is 3. The molecule has 176 valence electrons. The van der Waals surface area contributed by atoms with Gasteiger partial charge in [-0.3, -0.25) is 4.79 Å². The molecule has 0 aromatic heterocycles. The molecule has 0 bridgehead atoms. The van der Waals surface area contributed by atoms with Crippen molar-refractivity contribution in [3.8, 4) is 17.2 Å². The third-order valence-corrected chi connectivity index (χ3v) is 5.23. The zero-order valence-corrected chi connectivity index (χ0v) is 20.3. The minimum absolute atomic E-state index is 0.163. The fraction of sp³-hybridized carbons (Fsp3) is 0.125. The lowest BCUT2D eigenvalue weighted by molar-refractivity contribution is -0.127. The lowest BCUT2D eigenvalue weighted by Crippen LogP contribution is -2.33. The molecule has 3 aromatic rings. The van der Waals surface area contributed by atoms with E-state index in [9.17, 15) is 9.59 Å². The number of nitrogens with zero attached hydrogens (tertiary/aromatic N) is 1. The maximum atomic E-state index is 12.5. The van der Waals surface area contributed by atoms with Crippen molar-refractivity contribution >= 4 is 52.9 Å². The highest BCUT2D eigenvalue weighted by molar-refractivity contribution is 6.36. The van der Waals surface area contributed by atoms with Crippen LogP contribution >= 0.6 is 34.8 Å². The van der Waals surface area contributed by atoms with E-state index < -0.39 is 18.0 Å². The summed E-state index contributed by atoms with van der Waals surface area (Å²) in [6, 6.07) is 15.9. The molecule has 0 aliphatic carbocycles. The van der Waals surface area contributed by atoms with Gasteiger partial charge in [-0.2, -0.15) is 5.10 Å². The molecule has 1 unspecified atom stereocenters. The second kappa shape index (κ2) is 11.7. The first-order chi connectivity index (χ1) is 16.3. The highest BCUT2D eigenvalue weighted by atomic mass is 35.5. The van der Waals surface area contributed by atoms with Crippen molar-refractivity contribution in [2.24, 2.45) is 5.10 Å². The van der Waals surface area contributed by atoms with Gasteiger partial charge in [0.1, 0.15) is 5.75 Å². The Kier molecular flexibility index (Phi) is 8.76. The molecule has 7 nitrogen and oxygen atoms in total. The molecule has 1 N–H and O–H groups in total. The summed E-state index contributed by atoms with van der Waals surface area (Å²) in [5.41, 5.74) is 3.16. The lowest BCUT2D eigenvalue weighted by Gasteiger charge is -2.13. The van der Waals surface area contributed by atoms with Crippen LogP contribution in [0.15, 0.2) is 65.8 Å². The first-order valence-electron chi connectivity index (χ1n) is 9.87.